The lowest BCUT2D eigenvalue weighted by Crippen LogP contribution is -2.49. The van der Waals surface area contributed by atoms with Crippen molar-refractivity contribution < 1.29 is 4.79 Å². The number of hydrogen-bond donors (Lipinski definition) is 2. The van der Waals surface area contributed by atoms with E-state index in [4.69, 9.17) is 5.73 Å². The number of amides is 1. The minimum absolute atomic E-state index is 0.0493. The highest BCUT2D eigenvalue weighted by molar-refractivity contribution is 14.1. The standard InChI is InChI=1S/C13H19IN2O/c1-3-13(15,4-2)9-16-12(17)10-7-5-6-8-11(10)14/h5-8H,3-4,9,15H2,1-2H3,(H,16,17). The molecule has 94 valence electrons. The molecule has 0 atom stereocenters. The second-order valence-electron chi connectivity index (χ2n) is 4.23. The predicted molar refractivity (Wildman–Crippen MR) is 79.0 cm³/mol. The van der Waals surface area contributed by atoms with Crippen molar-refractivity contribution in [2.45, 2.75) is 32.2 Å². The van der Waals surface area contributed by atoms with Crippen LogP contribution in [0.2, 0.25) is 0 Å². The van der Waals surface area contributed by atoms with E-state index < -0.39 is 0 Å². The minimum atomic E-state index is -0.296. The zero-order valence-electron chi connectivity index (χ0n) is 10.3. The van der Waals surface area contributed by atoms with E-state index in [0.717, 1.165) is 16.4 Å². The van der Waals surface area contributed by atoms with E-state index in [0.29, 0.717) is 12.1 Å². The third kappa shape index (κ3) is 3.96. The van der Waals surface area contributed by atoms with Crippen LogP contribution < -0.4 is 11.1 Å². The van der Waals surface area contributed by atoms with Crippen LogP contribution in [0.25, 0.3) is 0 Å². The Bertz CT molecular complexity index is 389. The van der Waals surface area contributed by atoms with Crippen LogP contribution in [0.4, 0.5) is 0 Å². The Balaban J connectivity index is 2.65. The molecule has 17 heavy (non-hydrogen) atoms. The highest BCUT2D eigenvalue weighted by Crippen LogP contribution is 2.13. The van der Waals surface area contributed by atoms with Crippen molar-refractivity contribution in [3.8, 4) is 0 Å². The van der Waals surface area contributed by atoms with Gasteiger partial charge in [-0.2, -0.15) is 0 Å². The van der Waals surface area contributed by atoms with Crippen LogP contribution in [0, 0.1) is 3.57 Å². The van der Waals surface area contributed by atoms with Gasteiger partial charge in [-0.25, -0.2) is 0 Å². The van der Waals surface area contributed by atoms with Gasteiger partial charge in [-0.15, -0.1) is 0 Å². The van der Waals surface area contributed by atoms with Crippen LogP contribution in [0.15, 0.2) is 24.3 Å². The van der Waals surface area contributed by atoms with E-state index >= 15 is 0 Å². The van der Waals surface area contributed by atoms with Crippen molar-refractivity contribution in [3.05, 3.63) is 33.4 Å². The summed E-state index contributed by atoms with van der Waals surface area (Å²) in [7, 11) is 0. The molecule has 0 saturated carbocycles. The summed E-state index contributed by atoms with van der Waals surface area (Å²) in [6.07, 6.45) is 1.71. The quantitative estimate of drug-likeness (QED) is 0.805. The maximum atomic E-state index is 12.0. The topological polar surface area (TPSA) is 55.1 Å². The first-order chi connectivity index (χ1) is 8.02. The predicted octanol–water partition coefficient (Wildman–Crippen LogP) is 2.54. The molecule has 0 heterocycles. The molecule has 0 unspecified atom stereocenters. The summed E-state index contributed by atoms with van der Waals surface area (Å²) in [5, 5.41) is 2.91. The molecule has 1 amide bonds. The van der Waals surface area contributed by atoms with Gasteiger partial charge in [-0.05, 0) is 47.6 Å². The van der Waals surface area contributed by atoms with Crippen LogP contribution in [0.5, 0.6) is 0 Å². The van der Waals surface area contributed by atoms with Gasteiger partial charge >= 0.3 is 0 Å². The van der Waals surface area contributed by atoms with Crippen LogP contribution in [0.1, 0.15) is 37.0 Å². The third-order valence-electron chi connectivity index (χ3n) is 3.13. The molecule has 4 heteroatoms. The number of rotatable bonds is 5. The van der Waals surface area contributed by atoms with Gasteiger partial charge in [0.2, 0.25) is 0 Å². The zero-order valence-corrected chi connectivity index (χ0v) is 12.5. The molecule has 0 aliphatic heterocycles. The Labute approximate surface area is 116 Å². The molecule has 0 saturated heterocycles. The lowest BCUT2D eigenvalue weighted by molar-refractivity contribution is 0.0941. The number of carbonyl (C=O) groups is 1. The summed E-state index contributed by atoms with van der Waals surface area (Å²) >= 11 is 2.16. The monoisotopic (exact) mass is 346 g/mol. The Kier molecular flexibility index (Phi) is 5.39. The summed E-state index contributed by atoms with van der Waals surface area (Å²) in [5.74, 6) is -0.0493. The van der Waals surface area contributed by atoms with Gasteiger partial charge in [0.15, 0.2) is 0 Å². The first-order valence-electron chi connectivity index (χ1n) is 5.84. The van der Waals surface area contributed by atoms with Crippen molar-refractivity contribution in [1.29, 1.82) is 0 Å². The van der Waals surface area contributed by atoms with Crippen molar-refractivity contribution in [1.82, 2.24) is 5.32 Å². The fourth-order valence-corrected chi connectivity index (χ4v) is 2.13. The van der Waals surface area contributed by atoms with Gasteiger partial charge in [-0.1, -0.05) is 26.0 Å². The minimum Gasteiger partial charge on any atom is -0.350 e. The fraction of sp³-hybridized carbons (Fsp3) is 0.462. The molecular formula is C13H19IN2O. The summed E-state index contributed by atoms with van der Waals surface area (Å²) in [5.41, 5.74) is 6.56. The molecule has 0 aromatic heterocycles. The van der Waals surface area contributed by atoms with Crippen LogP contribution >= 0.6 is 22.6 Å². The summed E-state index contributed by atoms with van der Waals surface area (Å²) in [4.78, 5) is 12.0. The summed E-state index contributed by atoms with van der Waals surface area (Å²) in [6.45, 7) is 4.60. The largest absolute Gasteiger partial charge is 0.350 e. The Hall–Kier alpha value is -0.620. The molecule has 0 radical (unpaired) electrons. The van der Waals surface area contributed by atoms with E-state index in [1.165, 1.54) is 0 Å². The molecule has 1 rings (SSSR count). The van der Waals surface area contributed by atoms with Crippen molar-refractivity contribution in [2.75, 3.05) is 6.54 Å². The number of nitrogens with two attached hydrogens (primary N) is 1. The number of carbonyl (C=O) groups excluding carboxylic acids is 1. The first-order valence-corrected chi connectivity index (χ1v) is 6.92. The van der Waals surface area contributed by atoms with E-state index in [9.17, 15) is 4.79 Å². The molecule has 0 spiro atoms. The van der Waals surface area contributed by atoms with Gasteiger partial charge in [0, 0.05) is 15.7 Å². The van der Waals surface area contributed by atoms with Crippen LogP contribution in [0.3, 0.4) is 0 Å². The number of halogens is 1. The molecule has 0 bridgehead atoms. The fourth-order valence-electron chi connectivity index (χ4n) is 1.50. The van der Waals surface area contributed by atoms with Crippen LogP contribution in [-0.2, 0) is 0 Å². The summed E-state index contributed by atoms with van der Waals surface area (Å²) in [6, 6.07) is 7.54. The zero-order chi connectivity index (χ0) is 12.9. The number of hydrogen-bond acceptors (Lipinski definition) is 2. The number of benzene rings is 1. The van der Waals surface area contributed by atoms with E-state index in [1.54, 1.807) is 0 Å². The Morgan fingerprint density at radius 2 is 1.94 bits per heavy atom. The third-order valence-corrected chi connectivity index (χ3v) is 4.07. The van der Waals surface area contributed by atoms with Gasteiger partial charge in [0.1, 0.15) is 0 Å². The normalized spacial score (nSPS) is 11.3. The lowest BCUT2D eigenvalue weighted by atomic mass is 9.94. The number of nitrogens with one attached hydrogen (secondary N) is 1. The SMILES string of the molecule is CCC(N)(CC)CNC(=O)c1ccccc1I. The molecule has 0 aliphatic carbocycles. The van der Waals surface area contributed by atoms with E-state index in [2.05, 4.69) is 27.9 Å². The highest BCUT2D eigenvalue weighted by Gasteiger charge is 2.21. The Morgan fingerprint density at radius 3 is 2.47 bits per heavy atom. The highest BCUT2D eigenvalue weighted by atomic mass is 127. The average molecular weight is 346 g/mol. The van der Waals surface area contributed by atoms with Gasteiger partial charge in [0.05, 0.1) is 5.56 Å². The maximum Gasteiger partial charge on any atom is 0.252 e. The second-order valence-corrected chi connectivity index (χ2v) is 5.39. The smallest absolute Gasteiger partial charge is 0.252 e. The second kappa shape index (κ2) is 6.35. The molecule has 0 aliphatic rings. The molecular weight excluding hydrogens is 327 g/mol. The first kappa shape index (κ1) is 14.4. The van der Waals surface area contributed by atoms with Crippen molar-refractivity contribution in [2.24, 2.45) is 5.73 Å². The molecule has 1 aromatic rings. The van der Waals surface area contributed by atoms with Gasteiger partial charge in [0.25, 0.3) is 5.91 Å². The van der Waals surface area contributed by atoms with E-state index in [1.807, 2.05) is 38.1 Å². The molecule has 1 aromatic carbocycles. The average Bonchev–Trinajstić information content (AvgIpc) is 2.36. The molecule has 0 fully saturated rings. The van der Waals surface area contributed by atoms with Gasteiger partial charge in [-0.3, -0.25) is 4.79 Å². The van der Waals surface area contributed by atoms with Crippen molar-refractivity contribution in [3.63, 3.8) is 0 Å². The Morgan fingerprint density at radius 1 is 1.35 bits per heavy atom. The molecule has 3 nitrogen and oxygen atoms in total. The maximum absolute atomic E-state index is 12.0. The van der Waals surface area contributed by atoms with Crippen LogP contribution in [-0.4, -0.2) is 18.0 Å². The van der Waals surface area contributed by atoms with E-state index in [-0.39, 0.29) is 11.4 Å². The van der Waals surface area contributed by atoms with Gasteiger partial charge < -0.3 is 11.1 Å². The molecule has 3 N–H and O–H groups in total. The van der Waals surface area contributed by atoms with Crippen molar-refractivity contribution >= 4 is 28.5 Å². The summed E-state index contributed by atoms with van der Waals surface area (Å²) < 4.78 is 0.957. The lowest BCUT2D eigenvalue weighted by Gasteiger charge is -2.26.